The Kier molecular flexibility index (Phi) is 6.00. The molecule has 1 atom stereocenters. The Hall–Kier alpha value is -4.33. The number of likely N-dealkylation sites (tertiary alicyclic amines) is 1. The van der Waals surface area contributed by atoms with E-state index >= 15 is 0 Å². The zero-order valence-electron chi connectivity index (χ0n) is 20.5. The average molecular weight is 493 g/mol. The maximum Gasteiger partial charge on any atom is 0.256 e. The first kappa shape index (κ1) is 23.1. The van der Waals surface area contributed by atoms with Crippen LogP contribution in [0.4, 0.5) is 5.82 Å². The molecule has 1 saturated heterocycles. The van der Waals surface area contributed by atoms with E-state index < -0.39 is 0 Å². The number of pyridine rings is 1. The minimum atomic E-state index is -0.221. The fourth-order valence-corrected chi connectivity index (χ4v) is 5.16. The molecule has 1 saturated carbocycles. The summed E-state index contributed by atoms with van der Waals surface area (Å²) in [6, 6.07) is 12.7. The van der Waals surface area contributed by atoms with E-state index in [4.69, 9.17) is 9.97 Å². The van der Waals surface area contributed by atoms with Gasteiger partial charge in [0.15, 0.2) is 0 Å². The molecule has 4 aromatic rings. The van der Waals surface area contributed by atoms with Crippen LogP contribution in [0.3, 0.4) is 0 Å². The van der Waals surface area contributed by atoms with Crippen LogP contribution in [-0.4, -0.2) is 42.6 Å². The number of nitrogens with one attached hydrogen (secondary N) is 1. The highest BCUT2D eigenvalue weighted by molar-refractivity contribution is 6.04. The number of fused-ring (bicyclic) bond motifs is 1. The van der Waals surface area contributed by atoms with Gasteiger partial charge in [0.2, 0.25) is 5.91 Å². The number of imidazole rings is 1. The van der Waals surface area contributed by atoms with Crippen LogP contribution < -0.4 is 5.32 Å². The van der Waals surface area contributed by atoms with Crippen LogP contribution >= 0.6 is 0 Å². The molecule has 1 aliphatic carbocycles. The number of hydrogen-bond acceptors (Lipinski definition) is 5. The lowest BCUT2D eigenvalue weighted by atomic mass is 10.0. The molecule has 1 N–H and O–H groups in total. The first-order valence-electron chi connectivity index (χ1n) is 12.8. The molecule has 6 rings (SSSR count). The molecule has 8 heteroatoms. The molecule has 4 heterocycles. The van der Waals surface area contributed by atoms with E-state index in [1.165, 1.54) is 6.08 Å². The Morgan fingerprint density at radius 1 is 1.00 bits per heavy atom. The van der Waals surface area contributed by atoms with Crippen molar-refractivity contribution in [3.8, 4) is 11.3 Å². The molecule has 3 aromatic heterocycles. The smallest absolute Gasteiger partial charge is 0.256 e. The third-order valence-corrected chi connectivity index (χ3v) is 7.16. The quantitative estimate of drug-likeness (QED) is 0.375. The normalized spacial score (nSPS) is 17.5. The van der Waals surface area contributed by atoms with Gasteiger partial charge in [-0.2, -0.15) is 0 Å². The van der Waals surface area contributed by atoms with E-state index in [1.54, 1.807) is 30.5 Å². The molecule has 0 unspecified atom stereocenters. The summed E-state index contributed by atoms with van der Waals surface area (Å²) >= 11 is 0. The van der Waals surface area contributed by atoms with Gasteiger partial charge in [-0.1, -0.05) is 24.8 Å². The number of carbonyl (C=O) groups excluding carboxylic acids is 2. The van der Waals surface area contributed by atoms with Gasteiger partial charge < -0.3 is 10.2 Å². The summed E-state index contributed by atoms with van der Waals surface area (Å²) < 4.78 is 2.12. The van der Waals surface area contributed by atoms with Crippen molar-refractivity contribution in [2.75, 3.05) is 11.9 Å². The molecular weight excluding hydrogens is 464 g/mol. The predicted octanol–water partition coefficient (Wildman–Crippen LogP) is 5.16. The molecule has 2 amide bonds. The first-order chi connectivity index (χ1) is 18.1. The van der Waals surface area contributed by atoms with Gasteiger partial charge in [0.1, 0.15) is 11.6 Å². The van der Waals surface area contributed by atoms with E-state index in [0.717, 1.165) is 60.4 Å². The average Bonchev–Trinajstić information content (AvgIpc) is 3.73. The molecule has 0 radical (unpaired) electrons. The van der Waals surface area contributed by atoms with Crippen LogP contribution in [0.5, 0.6) is 0 Å². The number of aromatic nitrogens is 4. The highest BCUT2D eigenvalue weighted by Gasteiger charge is 2.34. The molecule has 8 nitrogen and oxygen atoms in total. The molecular formula is C29H28N6O2. The first-order valence-corrected chi connectivity index (χ1v) is 12.8. The van der Waals surface area contributed by atoms with Crippen molar-refractivity contribution in [3.05, 3.63) is 90.8 Å². The van der Waals surface area contributed by atoms with Gasteiger partial charge in [-0.3, -0.25) is 19.0 Å². The Morgan fingerprint density at radius 3 is 2.57 bits per heavy atom. The molecule has 2 fully saturated rings. The van der Waals surface area contributed by atoms with Crippen LogP contribution in [0.15, 0.2) is 73.7 Å². The number of piperidine rings is 1. The summed E-state index contributed by atoms with van der Waals surface area (Å²) in [4.78, 5) is 41.4. The number of nitrogens with zero attached hydrogens (tertiary/aromatic N) is 5. The zero-order valence-corrected chi connectivity index (χ0v) is 20.5. The molecule has 0 bridgehead atoms. The van der Waals surface area contributed by atoms with Crippen molar-refractivity contribution in [3.63, 3.8) is 0 Å². The van der Waals surface area contributed by atoms with Gasteiger partial charge in [-0.05, 0) is 62.4 Å². The van der Waals surface area contributed by atoms with Crippen molar-refractivity contribution < 1.29 is 9.59 Å². The molecule has 0 spiro atoms. The van der Waals surface area contributed by atoms with Crippen LogP contribution in [0.2, 0.25) is 0 Å². The van der Waals surface area contributed by atoms with Crippen LogP contribution in [0.25, 0.3) is 16.8 Å². The monoisotopic (exact) mass is 492 g/mol. The number of amides is 2. The van der Waals surface area contributed by atoms with Crippen molar-refractivity contribution in [2.45, 2.75) is 44.1 Å². The van der Waals surface area contributed by atoms with Gasteiger partial charge in [0.25, 0.3) is 5.91 Å². The SMILES string of the molecule is C=CC(=O)N1CCCC[C@H]1c1nc(-c2ccc(C(=O)Nc3ccccn3)cc2)c2c(C3CC3)nccn12. The standard InChI is InChI=1S/C29H28N6O2/c1-2-24(36)34-17-6-4-7-22(34)28-33-26(27-25(19-9-10-19)31-16-18-35(27)28)20-11-13-21(14-12-20)29(37)32-23-8-3-5-15-30-23/h2-3,5,8,11-16,18-19,22H,1,4,6-7,9-10,17H2,(H,30,32,37)/t22-/m0/s1. The summed E-state index contributed by atoms with van der Waals surface area (Å²) in [5.74, 6) is 1.49. The summed E-state index contributed by atoms with van der Waals surface area (Å²) in [6.07, 6.45) is 11.9. The zero-order chi connectivity index (χ0) is 25.4. The Balaban J connectivity index is 1.40. The summed E-state index contributed by atoms with van der Waals surface area (Å²) in [5.41, 5.74) is 4.31. The maximum atomic E-state index is 12.7. The second-order valence-corrected chi connectivity index (χ2v) is 9.62. The van der Waals surface area contributed by atoms with E-state index in [9.17, 15) is 9.59 Å². The Morgan fingerprint density at radius 2 is 1.84 bits per heavy atom. The number of anilines is 1. The van der Waals surface area contributed by atoms with Gasteiger partial charge in [-0.15, -0.1) is 0 Å². The predicted molar refractivity (Wildman–Crippen MR) is 141 cm³/mol. The molecule has 1 aliphatic heterocycles. The molecule has 2 aliphatic rings. The minimum absolute atomic E-state index is 0.0669. The second-order valence-electron chi connectivity index (χ2n) is 9.62. The lowest BCUT2D eigenvalue weighted by Gasteiger charge is -2.34. The van der Waals surface area contributed by atoms with Crippen LogP contribution in [0, 0.1) is 0 Å². The molecule has 186 valence electrons. The van der Waals surface area contributed by atoms with E-state index in [2.05, 4.69) is 21.3 Å². The topological polar surface area (TPSA) is 92.5 Å². The third kappa shape index (κ3) is 4.39. The lowest BCUT2D eigenvalue weighted by molar-refractivity contribution is -0.129. The maximum absolute atomic E-state index is 12.7. The number of hydrogen-bond donors (Lipinski definition) is 1. The van der Waals surface area contributed by atoms with Gasteiger partial charge >= 0.3 is 0 Å². The van der Waals surface area contributed by atoms with Gasteiger partial charge in [0.05, 0.1) is 22.9 Å². The fraction of sp³-hybridized carbons (Fsp3) is 0.276. The highest BCUT2D eigenvalue weighted by Crippen LogP contribution is 2.44. The van der Waals surface area contributed by atoms with Crippen LogP contribution in [-0.2, 0) is 4.79 Å². The van der Waals surface area contributed by atoms with Gasteiger partial charge in [0, 0.05) is 42.2 Å². The molecule has 37 heavy (non-hydrogen) atoms. The Labute approximate surface area is 215 Å². The largest absolute Gasteiger partial charge is 0.329 e. The fourth-order valence-electron chi connectivity index (χ4n) is 5.16. The summed E-state index contributed by atoms with van der Waals surface area (Å²) in [6.45, 7) is 4.40. The molecule has 1 aromatic carbocycles. The minimum Gasteiger partial charge on any atom is -0.329 e. The van der Waals surface area contributed by atoms with Crippen molar-refractivity contribution >= 4 is 23.1 Å². The van der Waals surface area contributed by atoms with Crippen molar-refractivity contribution in [1.29, 1.82) is 0 Å². The second kappa shape index (κ2) is 9.61. The van der Waals surface area contributed by atoms with E-state index in [1.807, 2.05) is 35.5 Å². The summed E-state index contributed by atoms with van der Waals surface area (Å²) in [7, 11) is 0. The third-order valence-electron chi connectivity index (χ3n) is 7.16. The van der Waals surface area contributed by atoms with Crippen molar-refractivity contribution in [1.82, 2.24) is 24.3 Å². The number of rotatable bonds is 6. The number of benzene rings is 1. The van der Waals surface area contributed by atoms with Crippen LogP contribution in [0.1, 0.15) is 65.9 Å². The lowest BCUT2D eigenvalue weighted by Crippen LogP contribution is -2.38. The Bertz CT molecular complexity index is 1470. The highest BCUT2D eigenvalue weighted by atomic mass is 16.2. The van der Waals surface area contributed by atoms with Crippen molar-refractivity contribution in [2.24, 2.45) is 0 Å². The number of carbonyl (C=O) groups is 2. The summed E-state index contributed by atoms with van der Waals surface area (Å²) in [5, 5.41) is 2.82. The van der Waals surface area contributed by atoms with E-state index in [-0.39, 0.29) is 17.9 Å². The van der Waals surface area contributed by atoms with E-state index in [0.29, 0.717) is 23.8 Å². The van der Waals surface area contributed by atoms with Gasteiger partial charge in [-0.25, -0.2) is 9.97 Å².